The normalized spacial score (nSPS) is 17.3. The fourth-order valence-corrected chi connectivity index (χ4v) is 7.13. The Kier molecular flexibility index (Phi) is 9.47. The van der Waals surface area contributed by atoms with Gasteiger partial charge in [-0.25, -0.2) is 0 Å². The number of hydrogen-bond acceptors (Lipinski definition) is 7. The van der Waals surface area contributed by atoms with Crippen molar-refractivity contribution in [3.8, 4) is 0 Å². The number of carbonyl (C=O) groups excluding carboxylic acids is 1. The van der Waals surface area contributed by atoms with Crippen LogP contribution in [0, 0.1) is 20.8 Å². The molecule has 4 heterocycles. The number of H-pyrrole nitrogens is 1. The average Bonchev–Trinajstić information content (AvgIpc) is 3.46. The summed E-state index contributed by atoms with van der Waals surface area (Å²) in [5, 5.41) is 6.78. The van der Waals surface area contributed by atoms with Gasteiger partial charge in [-0.1, -0.05) is 6.07 Å². The molecule has 0 aliphatic carbocycles. The molecule has 2 saturated heterocycles. The minimum absolute atomic E-state index is 0.156. The Morgan fingerprint density at radius 3 is 2.38 bits per heavy atom. The Hall–Kier alpha value is -3.82. The zero-order valence-corrected chi connectivity index (χ0v) is 27.1. The number of nitrogens with zero attached hydrogens (tertiary/aromatic N) is 2. The molecule has 3 aliphatic heterocycles. The molecular formula is C36H47N5O4. The number of benzene rings is 2. The lowest BCUT2D eigenvalue weighted by Crippen LogP contribution is -2.40. The summed E-state index contributed by atoms with van der Waals surface area (Å²) in [6.45, 7) is 13.7. The number of aryl methyl sites for hydroxylation is 2. The second-order valence-corrected chi connectivity index (χ2v) is 12.8. The molecule has 2 aromatic carbocycles. The lowest BCUT2D eigenvalue weighted by atomic mass is 9.99. The number of pyridine rings is 1. The van der Waals surface area contributed by atoms with Gasteiger partial charge in [0.15, 0.2) is 0 Å². The van der Waals surface area contributed by atoms with E-state index in [1.165, 1.54) is 11.1 Å². The van der Waals surface area contributed by atoms with E-state index < -0.39 is 0 Å². The Bertz CT molecular complexity index is 1590. The van der Waals surface area contributed by atoms with Crippen molar-refractivity contribution in [3.63, 3.8) is 0 Å². The highest BCUT2D eigenvalue weighted by atomic mass is 16.5. The van der Waals surface area contributed by atoms with Gasteiger partial charge < -0.3 is 34.9 Å². The fraction of sp³-hybridized carbons (Fsp3) is 0.500. The van der Waals surface area contributed by atoms with Crippen LogP contribution in [-0.2, 0) is 29.1 Å². The van der Waals surface area contributed by atoms with Crippen molar-refractivity contribution < 1.29 is 14.3 Å². The van der Waals surface area contributed by atoms with E-state index in [2.05, 4.69) is 56.6 Å². The minimum atomic E-state index is -0.169. The lowest BCUT2D eigenvalue weighted by molar-refractivity contribution is 0.0846. The van der Waals surface area contributed by atoms with Crippen LogP contribution < -0.4 is 26.0 Å². The largest absolute Gasteiger partial charge is 0.382 e. The smallest absolute Gasteiger partial charge is 0.253 e. The number of hydrogen-bond donors (Lipinski definition) is 3. The summed E-state index contributed by atoms with van der Waals surface area (Å²) in [6.07, 6.45) is 3.98. The first-order valence-corrected chi connectivity index (χ1v) is 16.5. The number of rotatable bonds is 9. The highest BCUT2D eigenvalue weighted by Gasteiger charge is 2.28. The zero-order valence-electron chi connectivity index (χ0n) is 27.1. The predicted molar refractivity (Wildman–Crippen MR) is 180 cm³/mol. The molecule has 0 spiro atoms. The van der Waals surface area contributed by atoms with Crippen molar-refractivity contribution in [2.45, 2.75) is 85.1 Å². The summed E-state index contributed by atoms with van der Waals surface area (Å²) < 4.78 is 11.2. The maximum Gasteiger partial charge on any atom is 0.253 e. The van der Waals surface area contributed by atoms with Gasteiger partial charge in [0.1, 0.15) is 0 Å². The molecule has 1 aromatic heterocycles. The molecule has 0 unspecified atom stereocenters. The molecule has 6 rings (SSSR count). The molecule has 3 aliphatic rings. The third-order valence-corrected chi connectivity index (χ3v) is 9.70. The van der Waals surface area contributed by atoms with Crippen LogP contribution in [-0.4, -0.2) is 55.9 Å². The quantitative estimate of drug-likeness (QED) is 0.300. The van der Waals surface area contributed by atoms with Crippen molar-refractivity contribution in [1.82, 2.24) is 10.3 Å². The molecule has 2 fully saturated rings. The standard InChI is InChI=1S/C36H47N5O4/c1-5-41(30-10-14-45-15-11-30)34-19-31(18-32(25(34)4)35(42)37-20-33-23(2)16-24(3)38-36(33)43)40-21-26-6-7-29(17-27(26)22-40)39-28-8-12-44-13-9-28/h6-7,16-19,28,30,39H,5,8-15,20-22H2,1-4H3,(H,37,42)(H,38,43). The highest BCUT2D eigenvalue weighted by Crippen LogP contribution is 2.37. The molecule has 240 valence electrons. The maximum atomic E-state index is 13.9. The van der Waals surface area contributed by atoms with Crippen LogP contribution in [0.15, 0.2) is 41.2 Å². The molecule has 0 atom stereocenters. The van der Waals surface area contributed by atoms with E-state index in [9.17, 15) is 9.59 Å². The van der Waals surface area contributed by atoms with Crippen LogP contribution in [0.3, 0.4) is 0 Å². The van der Waals surface area contributed by atoms with E-state index in [1.807, 2.05) is 32.9 Å². The van der Waals surface area contributed by atoms with Gasteiger partial charge in [-0.05, 0) is 106 Å². The van der Waals surface area contributed by atoms with E-state index in [4.69, 9.17) is 9.47 Å². The van der Waals surface area contributed by atoms with Crippen LogP contribution in [0.5, 0.6) is 0 Å². The molecule has 45 heavy (non-hydrogen) atoms. The number of anilines is 3. The summed E-state index contributed by atoms with van der Waals surface area (Å²) in [5.41, 5.74) is 9.62. The van der Waals surface area contributed by atoms with Gasteiger partial charge in [-0.15, -0.1) is 0 Å². The Morgan fingerprint density at radius 2 is 1.67 bits per heavy atom. The molecule has 0 saturated carbocycles. The number of ether oxygens (including phenoxy) is 2. The van der Waals surface area contributed by atoms with Crippen LogP contribution in [0.4, 0.5) is 17.1 Å². The molecule has 3 aromatic rings. The third kappa shape index (κ3) is 6.89. The Morgan fingerprint density at radius 1 is 0.956 bits per heavy atom. The number of amides is 1. The molecule has 9 heteroatoms. The summed E-state index contributed by atoms with van der Waals surface area (Å²) in [7, 11) is 0. The summed E-state index contributed by atoms with van der Waals surface area (Å²) in [5.74, 6) is -0.169. The number of nitrogens with one attached hydrogen (secondary N) is 3. The van der Waals surface area contributed by atoms with Crippen LogP contribution in [0.1, 0.15) is 76.5 Å². The molecule has 9 nitrogen and oxygen atoms in total. The first-order chi connectivity index (χ1) is 21.8. The summed E-state index contributed by atoms with van der Waals surface area (Å²) >= 11 is 0. The first kappa shape index (κ1) is 31.2. The predicted octanol–water partition coefficient (Wildman–Crippen LogP) is 5.35. The van der Waals surface area contributed by atoms with Gasteiger partial charge in [0.25, 0.3) is 11.5 Å². The third-order valence-electron chi connectivity index (χ3n) is 9.70. The molecule has 0 bridgehead atoms. The van der Waals surface area contributed by atoms with Crippen molar-refractivity contribution in [2.24, 2.45) is 0 Å². The van der Waals surface area contributed by atoms with E-state index >= 15 is 0 Å². The van der Waals surface area contributed by atoms with Crippen LogP contribution >= 0.6 is 0 Å². The highest BCUT2D eigenvalue weighted by molar-refractivity contribution is 5.98. The summed E-state index contributed by atoms with van der Waals surface area (Å²) in [4.78, 5) is 34.2. The van der Waals surface area contributed by atoms with Gasteiger partial charge in [-0.3, -0.25) is 9.59 Å². The van der Waals surface area contributed by atoms with Crippen molar-refractivity contribution in [2.75, 3.05) is 48.1 Å². The van der Waals surface area contributed by atoms with Gasteiger partial charge in [0.05, 0.1) is 0 Å². The van der Waals surface area contributed by atoms with E-state index in [1.54, 1.807) is 0 Å². The van der Waals surface area contributed by atoms with Crippen molar-refractivity contribution >= 4 is 23.0 Å². The van der Waals surface area contributed by atoms with E-state index in [0.29, 0.717) is 23.2 Å². The molecule has 1 amide bonds. The Labute approximate surface area is 266 Å². The fourth-order valence-electron chi connectivity index (χ4n) is 7.13. The van der Waals surface area contributed by atoms with Crippen LogP contribution in [0.25, 0.3) is 0 Å². The average molecular weight is 614 g/mol. The van der Waals surface area contributed by atoms with Gasteiger partial charge in [0, 0.05) is 98.6 Å². The van der Waals surface area contributed by atoms with E-state index in [0.717, 1.165) is 106 Å². The number of fused-ring (bicyclic) bond motifs is 1. The van der Waals surface area contributed by atoms with Gasteiger partial charge in [0.2, 0.25) is 0 Å². The second kappa shape index (κ2) is 13.7. The molecule has 0 radical (unpaired) electrons. The Balaban J connectivity index is 1.29. The second-order valence-electron chi connectivity index (χ2n) is 12.8. The topological polar surface area (TPSA) is 98.9 Å². The molecular weight excluding hydrogens is 566 g/mol. The SMILES string of the molecule is CCN(c1cc(N2Cc3ccc(NC4CCOCC4)cc3C2)cc(C(=O)NCc2c(C)cc(C)[nH]c2=O)c1C)C1CCOCC1. The number of carbonyl (C=O) groups is 1. The van der Waals surface area contributed by atoms with Gasteiger partial charge in [-0.2, -0.15) is 0 Å². The summed E-state index contributed by atoms with van der Waals surface area (Å²) in [6, 6.07) is 13.8. The van der Waals surface area contributed by atoms with Gasteiger partial charge >= 0.3 is 0 Å². The van der Waals surface area contributed by atoms with Crippen LogP contribution in [0.2, 0.25) is 0 Å². The lowest BCUT2D eigenvalue weighted by Gasteiger charge is -2.37. The maximum absolute atomic E-state index is 13.9. The monoisotopic (exact) mass is 613 g/mol. The first-order valence-electron chi connectivity index (χ1n) is 16.5. The van der Waals surface area contributed by atoms with Crippen molar-refractivity contribution in [1.29, 1.82) is 0 Å². The number of aromatic nitrogens is 1. The zero-order chi connectivity index (χ0) is 31.5. The van der Waals surface area contributed by atoms with E-state index in [-0.39, 0.29) is 18.0 Å². The molecule has 3 N–H and O–H groups in total. The van der Waals surface area contributed by atoms with Crippen molar-refractivity contribution in [3.05, 3.63) is 85.8 Å². The minimum Gasteiger partial charge on any atom is -0.382 e. The number of aromatic amines is 1.